The maximum Gasteiger partial charge on any atom is 0.832 e. The number of aromatic nitrogens is 2. The first kappa shape index (κ1) is 25.5. The van der Waals surface area contributed by atoms with Crippen molar-refractivity contribution in [3.63, 3.8) is 0 Å². The number of aromatic hydroxyl groups is 2. The van der Waals surface area contributed by atoms with Crippen LogP contribution in [0, 0.1) is 0 Å². The van der Waals surface area contributed by atoms with Crippen LogP contribution in [0.1, 0.15) is 0 Å². The van der Waals surface area contributed by atoms with Gasteiger partial charge in [-0.15, -0.1) is 0 Å². The van der Waals surface area contributed by atoms with Crippen LogP contribution in [0.4, 0.5) is 0 Å². The summed E-state index contributed by atoms with van der Waals surface area (Å²) < 4.78 is 11.1. The van der Waals surface area contributed by atoms with Crippen molar-refractivity contribution < 1.29 is 17.8 Å². The van der Waals surface area contributed by atoms with Crippen molar-refractivity contribution in [1.82, 2.24) is 9.97 Å². The number of rotatable bonds is 4. The predicted octanol–water partition coefficient (Wildman–Crippen LogP) is 6.29. The summed E-state index contributed by atoms with van der Waals surface area (Å²) in [4.78, 5) is 8.06. The van der Waals surface area contributed by atoms with Crippen LogP contribution in [0.25, 0.3) is 21.8 Å². The van der Waals surface area contributed by atoms with Crippen molar-refractivity contribution >= 4 is 37.7 Å². The van der Waals surface area contributed by atoms with Crippen molar-refractivity contribution in [2.75, 3.05) is 0 Å². The number of hydrogen-bond acceptors (Lipinski definition) is 6. The molecule has 0 saturated carbocycles. The molecule has 0 fully saturated rings. The Morgan fingerprint density at radius 3 is 1.27 bits per heavy atom. The normalized spacial score (nSPS) is 9.84. The van der Waals surface area contributed by atoms with Crippen molar-refractivity contribution in [2.45, 2.75) is 0 Å². The van der Waals surface area contributed by atoms with Gasteiger partial charge in [0.15, 0.2) is 0 Å². The van der Waals surface area contributed by atoms with Crippen LogP contribution in [-0.4, -0.2) is 36.1 Å². The molecule has 2 aromatic heterocycles. The van der Waals surface area contributed by atoms with Crippen LogP contribution in [0.2, 0.25) is 0 Å². The van der Waals surface area contributed by atoms with E-state index in [0.717, 1.165) is 22.3 Å². The molecule has 6 nitrogen and oxygen atoms in total. The van der Waals surface area contributed by atoms with Crippen LogP contribution in [0.3, 0.4) is 0 Å². The van der Waals surface area contributed by atoms with E-state index in [-0.39, 0.29) is 11.5 Å². The lowest BCUT2D eigenvalue weighted by atomic mass is 10.2. The van der Waals surface area contributed by atoms with Crippen molar-refractivity contribution in [2.24, 2.45) is 0 Å². The quantitative estimate of drug-likeness (QED) is 0.275. The van der Waals surface area contributed by atoms with Gasteiger partial charge in [-0.25, -0.2) is 0 Å². The van der Waals surface area contributed by atoms with Crippen LogP contribution in [-0.2, 0) is 0 Å². The second kappa shape index (κ2) is 13.5. The molecule has 4 aromatic carbocycles. The van der Waals surface area contributed by atoms with Gasteiger partial charge in [0.05, 0.1) is 11.5 Å². The molecule has 2 heterocycles. The number of phenols is 2. The SMILES string of the molecule is Oc1cccc2cccnc12.Oc1cccc2cccnc12.c1ccc([O][AlH][O]c2ccccc2)cc1. The molecule has 0 spiro atoms. The third-order valence-corrected chi connectivity index (χ3v) is 6.06. The first-order chi connectivity index (χ1) is 18.2. The van der Waals surface area contributed by atoms with Crippen LogP contribution in [0.15, 0.2) is 134 Å². The molecular formula is C30H25AlN2O4. The Hall–Kier alpha value is -4.57. The summed E-state index contributed by atoms with van der Waals surface area (Å²) >= 11 is -0.985. The van der Waals surface area contributed by atoms with Gasteiger partial charge < -0.3 is 17.8 Å². The highest BCUT2D eigenvalue weighted by molar-refractivity contribution is 6.20. The van der Waals surface area contributed by atoms with Gasteiger partial charge in [-0.1, -0.05) is 72.8 Å². The highest BCUT2D eigenvalue weighted by Gasteiger charge is 2.02. The molecule has 7 heteroatoms. The maximum atomic E-state index is 9.31. The Kier molecular flexibility index (Phi) is 9.31. The number of pyridine rings is 2. The van der Waals surface area contributed by atoms with E-state index in [1.807, 2.05) is 97.1 Å². The summed E-state index contributed by atoms with van der Waals surface area (Å²) in [7, 11) is 0. The summed E-state index contributed by atoms with van der Waals surface area (Å²) in [5.41, 5.74) is 1.32. The van der Waals surface area contributed by atoms with E-state index >= 15 is 0 Å². The number of hydrogen-bond donors (Lipinski definition) is 2. The average Bonchev–Trinajstić information content (AvgIpc) is 2.96. The molecular weight excluding hydrogens is 479 g/mol. The second-order valence-electron chi connectivity index (χ2n) is 7.74. The zero-order valence-electron chi connectivity index (χ0n) is 20.0. The van der Waals surface area contributed by atoms with Crippen LogP contribution < -0.4 is 7.58 Å². The number of benzene rings is 4. The minimum absolute atomic E-state index is 0.239. The number of fused-ring (bicyclic) bond motifs is 2. The largest absolute Gasteiger partial charge is 0.832 e. The predicted molar refractivity (Wildman–Crippen MR) is 148 cm³/mol. The fourth-order valence-electron chi connectivity index (χ4n) is 3.38. The molecule has 0 aliphatic rings. The van der Waals surface area contributed by atoms with E-state index in [1.54, 1.807) is 36.7 Å². The van der Waals surface area contributed by atoms with Gasteiger partial charge in [0, 0.05) is 23.2 Å². The minimum Gasteiger partial charge on any atom is -0.614 e. The van der Waals surface area contributed by atoms with Gasteiger partial charge in [-0.3, -0.25) is 9.97 Å². The van der Waals surface area contributed by atoms with Crippen molar-refractivity contribution in [1.29, 1.82) is 0 Å². The van der Waals surface area contributed by atoms with Gasteiger partial charge >= 0.3 is 15.9 Å². The maximum absolute atomic E-state index is 9.31. The lowest BCUT2D eigenvalue weighted by molar-refractivity contribution is 0.459. The molecule has 0 unspecified atom stereocenters. The first-order valence-electron chi connectivity index (χ1n) is 11.6. The lowest BCUT2D eigenvalue weighted by Crippen LogP contribution is -2.10. The molecule has 6 rings (SSSR count). The average molecular weight is 505 g/mol. The molecule has 37 heavy (non-hydrogen) atoms. The Morgan fingerprint density at radius 1 is 0.459 bits per heavy atom. The number of nitrogens with zero attached hydrogens (tertiary/aromatic N) is 2. The van der Waals surface area contributed by atoms with E-state index in [9.17, 15) is 10.2 Å². The Balaban J connectivity index is 0.000000132. The van der Waals surface area contributed by atoms with E-state index in [4.69, 9.17) is 7.58 Å². The van der Waals surface area contributed by atoms with E-state index in [0.29, 0.717) is 11.0 Å². The standard InChI is InChI=1S/2C9H7NO.2C6H6O.Al.H/c2*11-8-5-1-3-7-4-2-6-10-9(7)8;2*7-6-4-2-1-3-5-6;;/h2*1-6,11H;2*1-5,7H;;/q;;;;+2;/p-2. The molecule has 2 N–H and O–H groups in total. The molecule has 0 aliphatic heterocycles. The Bertz CT molecular complexity index is 1410. The van der Waals surface area contributed by atoms with Gasteiger partial charge in [0.25, 0.3) is 0 Å². The number of phenolic OH excluding ortho intramolecular Hbond substituents is 2. The lowest BCUT2D eigenvalue weighted by Gasteiger charge is -2.07. The highest BCUT2D eigenvalue weighted by Crippen LogP contribution is 2.21. The second-order valence-corrected chi connectivity index (χ2v) is 8.55. The molecule has 0 amide bonds. The highest BCUT2D eigenvalue weighted by atomic mass is 27.2. The summed E-state index contributed by atoms with van der Waals surface area (Å²) in [6.45, 7) is 0. The van der Waals surface area contributed by atoms with Gasteiger partial charge in [0.1, 0.15) is 22.5 Å². The Morgan fingerprint density at radius 2 is 0.865 bits per heavy atom. The first-order valence-corrected chi connectivity index (χ1v) is 12.8. The fourth-order valence-corrected chi connectivity index (χ4v) is 4.09. The Labute approximate surface area is 221 Å². The van der Waals surface area contributed by atoms with Gasteiger partial charge in [-0.2, -0.15) is 0 Å². The molecule has 0 radical (unpaired) electrons. The van der Waals surface area contributed by atoms with Crippen molar-refractivity contribution in [3.8, 4) is 23.0 Å². The van der Waals surface area contributed by atoms with E-state index < -0.39 is 15.9 Å². The summed E-state index contributed by atoms with van der Waals surface area (Å²) in [6, 6.07) is 37.7. The van der Waals surface area contributed by atoms with E-state index in [1.165, 1.54) is 0 Å². The van der Waals surface area contributed by atoms with E-state index in [2.05, 4.69) is 9.97 Å². The van der Waals surface area contributed by atoms with Gasteiger partial charge in [0.2, 0.25) is 0 Å². The zero-order chi connectivity index (χ0) is 25.7. The smallest absolute Gasteiger partial charge is 0.614 e. The summed E-state index contributed by atoms with van der Waals surface area (Å²) in [5, 5.41) is 20.5. The molecule has 0 atom stereocenters. The minimum atomic E-state index is -0.985. The third kappa shape index (κ3) is 7.71. The van der Waals surface area contributed by atoms with Crippen molar-refractivity contribution in [3.05, 3.63) is 134 Å². The fraction of sp³-hybridized carbons (Fsp3) is 0. The monoisotopic (exact) mass is 504 g/mol. The molecule has 0 aliphatic carbocycles. The number of para-hydroxylation sites is 4. The zero-order valence-corrected chi connectivity index (χ0v) is 21.4. The van der Waals surface area contributed by atoms with Gasteiger partial charge in [-0.05, 0) is 48.5 Å². The van der Waals surface area contributed by atoms with Crippen LogP contribution >= 0.6 is 0 Å². The topological polar surface area (TPSA) is 84.7 Å². The molecule has 0 saturated heterocycles. The molecule has 182 valence electrons. The summed E-state index contributed by atoms with van der Waals surface area (Å²) in [5.74, 6) is 2.23. The molecule has 0 bridgehead atoms. The molecule has 6 aromatic rings. The third-order valence-electron chi connectivity index (χ3n) is 5.16. The van der Waals surface area contributed by atoms with Crippen LogP contribution in [0.5, 0.6) is 23.0 Å². The summed E-state index contributed by atoms with van der Waals surface area (Å²) in [6.07, 6.45) is 3.34.